The third kappa shape index (κ3) is 3.46. The largest absolute Gasteiger partial charge is 0.338 e. The van der Waals surface area contributed by atoms with Crippen molar-refractivity contribution in [2.45, 2.75) is 38.6 Å². The van der Waals surface area contributed by atoms with Gasteiger partial charge in [-0.25, -0.2) is 9.37 Å². The SMILES string of the molecule is CC(C)n1ccnc1[C@H]1CCCN(C(=O)c2cc(F)cc(Cl)c2)C1. The molecule has 0 saturated carbocycles. The van der Waals surface area contributed by atoms with Crippen LogP contribution in [-0.4, -0.2) is 33.4 Å². The van der Waals surface area contributed by atoms with Crippen LogP contribution in [0.25, 0.3) is 0 Å². The number of hydrogen-bond donors (Lipinski definition) is 0. The lowest BCUT2D eigenvalue weighted by Crippen LogP contribution is -2.39. The first-order chi connectivity index (χ1) is 11.5. The van der Waals surface area contributed by atoms with E-state index in [1.807, 2.05) is 12.4 Å². The number of rotatable bonds is 3. The molecule has 0 spiro atoms. The number of nitrogens with zero attached hydrogens (tertiary/aromatic N) is 3. The molecule has 1 aliphatic rings. The van der Waals surface area contributed by atoms with E-state index in [-0.39, 0.29) is 16.8 Å². The summed E-state index contributed by atoms with van der Waals surface area (Å²) in [7, 11) is 0. The van der Waals surface area contributed by atoms with Crippen LogP contribution in [0.5, 0.6) is 0 Å². The van der Waals surface area contributed by atoms with Gasteiger partial charge in [-0.2, -0.15) is 0 Å². The summed E-state index contributed by atoms with van der Waals surface area (Å²) in [5.74, 6) is 0.544. The molecule has 6 heteroatoms. The van der Waals surface area contributed by atoms with Gasteiger partial charge in [-0.1, -0.05) is 11.6 Å². The molecule has 3 rings (SSSR count). The number of halogens is 2. The number of imidazole rings is 1. The lowest BCUT2D eigenvalue weighted by Gasteiger charge is -2.33. The van der Waals surface area contributed by atoms with E-state index in [1.165, 1.54) is 18.2 Å². The average Bonchev–Trinajstić information content (AvgIpc) is 3.03. The second-order valence-electron chi connectivity index (χ2n) is 6.53. The second kappa shape index (κ2) is 6.93. The third-order valence-electron chi connectivity index (χ3n) is 4.44. The van der Waals surface area contributed by atoms with Crippen LogP contribution in [0.1, 0.15) is 54.8 Å². The number of carbonyl (C=O) groups excluding carboxylic acids is 1. The summed E-state index contributed by atoms with van der Waals surface area (Å²) in [6.45, 7) is 5.50. The Morgan fingerprint density at radius 2 is 2.17 bits per heavy atom. The number of piperidine rings is 1. The average molecular weight is 350 g/mol. The molecular weight excluding hydrogens is 329 g/mol. The molecule has 1 atom stereocenters. The van der Waals surface area contributed by atoms with Crippen LogP contribution < -0.4 is 0 Å². The highest BCUT2D eigenvalue weighted by Crippen LogP contribution is 2.28. The highest BCUT2D eigenvalue weighted by atomic mass is 35.5. The van der Waals surface area contributed by atoms with Crippen LogP contribution in [0, 0.1) is 5.82 Å². The van der Waals surface area contributed by atoms with Crippen molar-refractivity contribution in [2.24, 2.45) is 0 Å². The van der Waals surface area contributed by atoms with Crippen LogP contribution in [0.2, 0.25) is 5.02 Å². The van der Waals surface area contributed by atoms with E-state index in [4.69, 9.17) is 11.6 Å². The Labute approximate surface area is 146 Å². The molecule has 1 amide bonds. The molecule has 128 valence electrons. The number of hydrogen-bond acceptors (Lipinski definition) is 2. The zero-order chi connectivity index (χ0) is 17.3. The molecule has 1 aromatic carbocycles. The predicted octanol–water partition coefficient (Wildman–Crippen LogP) is 4.28. The van der Waals surface area contributed by atoms with Crippen molar-refractivity contribution >= 4 is 17.5 Å². The number of benzene rings is 1. The molecule has 2 heterocycles. The number of likely N-dealkylation sites (tertiary alicyclic amines) is 1. The fourth-order valence-corrected chi connectivity index (χ4v) is 3.53. The highest BCUT2D eigenvalue weighted by Gasteiger charge is 2.28. The summed E-state index contributed by atoms with van der Waals surface area (Å²) in [5, 5.41) is 0.238. The lowest BCUT2D eigenvalue weighted by atomic mass is 9.96. The maximum Gasteiger partial charge on any atom is 0.254 e. The molecular formula is C18H21ClFN3O. The zero-order valence-electron chi connectivity index (χ0n) is 13.9. The van der Waals surface area contributed by atoms with E-state index in [1.54, 1.807) is 4.90 Å². The van der Waals surface area contributed by atoms with E-state index in [0.29, 0.717) is 24.7 Å². The Morgan fingerprint density at radius 3 is 2.88 bits per heavy atom. The van der Waals surface area contributed by atoms with Gasteiger partial charge in [0.1, 0.15) is 11.6 Å². The fourth-order valence-electron chi connectivity index (χ4n) is 3.31. The first kappa shape index (κ1) is 17.0. The van der Waals surface area contributed by atoms with Crippen molar-refractivity contribution in [2.75, 3.05) is 13.1 Å². The van der Waals surface area contributed by atoms with Crippen LogP contribution in [0.3, 0.4) is 0 Å². The number of aromatic nitrogens is 2. The summed E-state index contributed by atoms with van der Waals surface area (Å²) >= 11 is 5.87. The van der Waals surface area contributed by atoms with Gasteiger partial charge in [0, 0.05) is 48.0 Å². The Hall–Kier alpha value is -1.88. The second-order valence-corrected chi connectivity index (χ2v) is 6.97. The molecule has 1 saturated heterocycles. The molecule has 4 nitrogen and oxygen atoms in total. The first-order valence-electron chi connectivity index (χ1n) is 8.24. The van der Waals surface area contributed by atoms with Gasteiger partial charge >= 0.3 is 0 Å². The van der Waals surface area contributed by atoms with E-state index in [9.17, 15) is 9.18 Å². The zero-order valence-corrected chi connectivity index (χ0v) is 14.6. The summed E-state index contributed by atoms with van der Waals surface area (Å²) in [6.07, 6.45) is 5.69. The minimum absolute atomic E-state index is 0.177. The molecule has 2 aromatic rings. The van der Waals surface area contributed by atoms with Crippen molar-refractivity contribution in [1.82, 2.24) is 14.5 Å². The van der Waals surface area contributed by atoms with Gasteiger partial charge in [0.15, 0.2) is 0 Å². The Kier molecular flexibility index (Phi) is 4.90. The fraction of sp³-hybridized carbons (Fsp3) is 0.444. The van der Waals surface area contributed by atoms with Crippen molar-refractivity contribution in [3.63, 3.8) is 0 Å². The maximum absolute atomic E-state index is 13.5. The van der Waals surface area contributed by atoms with E-state index in [0.717, 1.165) is 18.7 Å². The highest BCUT2D eigenvalue weighted by molar-refractivity contribution is 6.31. The van der Waals surface area contributed by atoms with Gasteiger partial charge < -0.3 is 9.47 Å². The minimum Gasteiger partial charge on any atom is -0.338 e. The molecule has 0 aliphatic carbocycles. The molecule has 0 N–H and O–H groups in total. The summed E-state index contributed by atoms with van der Waals surface area (Å²) in [4.78, 5) is 19.0. The van der Waals surface area contributed by atoms with Gasteiger partial charge in [0.25, 0.3) is 5.91 Å². The summed E-state index contributed by atoms with van der Waals surface area (Å²) < 4.78 is 15.7. The Balaban J connectivity index is 1.80. The Morgan fingerprint density at radius 1 is 1.38 bits per heavy atom. The third-order valence-corrected chi connectivity index (χ3v) is 4.66. The van der Waals surface area contributed by atoms with Gasteiger partial charge in [0.05, 0.1) is 0 Å². The molecule has 1 aliphatic heterocycles. The van der Waals surface area contributed by atoms with E-state index < -0.39 is 5.82 Å². The quantitative estimate of drug-likeness (QED) is 0.829. The van der Waals surface area contributed by atoms with Crippen LogP contribution in [0.4, 0.5) is 4.39 Å². The number of carbonyl (C=O) groups is 1. The van der Waals surface area contributed by atoms with E-state index in [2.05, 4.69) is 23.4 Å². The van der Waals surface area contributed by atoms with Crippen LogP contribution in [0.15, 0.2) is 30.6 Å². The van der Waals surface area contributed by atoms with Crippen LogP contribution >= 0.6 is 11.6 Å². The molecule has 0 unspecified atom stereocenters. The first-order valence-corrected chi connectivity index (χ1v) is 8.61. The normalized spacial score (nSPS) is 18.2. The topological polar surface area (TPSA) is 38.1 Å². The van der Waals surface area contributed by atoms with Gasteiger partial charge in [-0.3, -0.25) is 4.79 Å². The molecule has 1 aromatic heterocycles. The summed E-state index contributed by atoms with van der Waals surface area (Å²) in [5.41, 5.74) is 0.299. The Bertz CT molecular complexity index is 723. The predicted molar refractivity (Wildman–Crippen MR) is 91.9 cm³/mol. The molecule has 1 fully saturated rings. The van der Waals surface area contributed by atoms with Gasteiger partial charge in [0.2, 0.25) is 0 Å². The number of amides is 1. The van der Waals surface area contributed by atoms with Crippen molar-refractivity contribution in [3.05, 3.63) is 52.8 Å². The van der Waals surface area contributed by atoms with Crippen molar-refractivity contribution < 1.29 is 9.18 Å². The molecule has 0 bridgehead atoms. The standard InChI is InChI=1S/C18H21ClFN3O/c1-12(2)23-7-5-21-17(23)13-4-3-6-22(11-13)18(24)14-8-15(19)10-16(20)9-14/h5,7-10,12-13H,3-4,6,11H2,1-2H3/t13-/m0/s1. The molecule has 0 radical (unpaired) electrons. The smallest absolute Gasteiger partial charge is 0.254 e. The molecule has 24 heavy (non-hydrogen) atoms. The van der Waals surface area contributed by atoms with Crippen molar-refractivity contribution in [1.29, 1.82) is 0 Å². The maximum atomic E-state index is 13.5. The minimum atomic E-state index is -0.491. The van der Waals surface area contributed by atoms with Crippen LogP contribution in [-0.2, 0) is 0 Å². The summed E-state index contributed by atoms with van der Waals surface area (Å²) in [6, 6.07) is 4.30. The monoisotopic (exact) mass is 349 g/mol. The van der Waals surface area contributed by atoms with Gasteiger partial charge in [-0.05, 0) is 44.9 Å². The lowest BCUT2D eigenvalue weighted by molar-refractivity contribution is 0.0702. The van der Waals surface area contributed by atoms with E-state index >= 15 is 0 Å². The van der Waals surface area contributed by atoms with Crippen molar-refractivity contribution in [3.8, 4) is 0 Å². The van der Waals surface area contributed by atoms with Gasteiger partial charge in [-0.15, -0.1) is 0 Å².